The van der Waals surface area contributed by atoms with Gasteiger partial charge in [-0.25, -0.2) is 4.98 Å². The molecule has 0 aliphatic carbocycles. The highest BCUT2D eigenvalue weighted by Gasteiger charge is 2.09. The average Bonchev–Trinajstić information content (AvgIpc) is 2.59. The molecule has 7 nitrogen and oxygen atoms in total. The van der Waals surface area contributed by atoms with Crippen LogP contribution in [0.3, 0.4) is 0 Å². The van der Waals surface area contributed by atoms with E-state index < -0.39 is 5.97 Å². The van der Waals surface area contributed by atoms with E-state index in [1.807, 2.05) is 44.2 Å². The second-order valence-electron chi connectivity index (χ2n) is 5.95. The number of nitrogens with zero attached hydrogens (tertiary/aromatic N) is 3. The fraction of sp³-hybridized carbons (Fsp3) is 0.158. The first-order valence-corrected chi connectivity index (χ1v) is 8.10. The third-order valence-electron chi connectivity index (χ3n) is 3.59. The number of carboxylic acids is 1. The molecule has 0 aliphatic rings. The highest BCUT2D eigenvalue weighted by molar-refractivity contribution is 5.73. The summed E-state index contributed by atoms with van der Waals surface area (Å²) in [5.41, 5.74) is 4.72. The third kappa shape index (κ3) is 4.54. The Morgan fingerprint density at radius 1 is 1.04 bits per heavy atom. The van der Waals surface area contributed by atoms with Gasteiger partial charge in [-0.2, -0.15) is 4.98 Å². The van der Waals surface area contributed by atoms with E-state index in [4.69, 9.17) is 5.11 Å². The second-order valence-corrected chi connectivity index (χ2v) is 5.95. The van der Waals surface area contributed by atoms with E-state index in [2.05, 4.69) is 31.7 Å². The minimum Gasteiger partial charge on any atom is -0.480 e. The van der Waals surface area contributed by atoms with Crippen LogP contribution in [0.15, 0.2) is 48.8 Å². The van der Waals surface area contributed by atoms with E-state index in [1.54, 1.807) is 12.4 Å². The molecule has 0 saturated heterocycles. The molecular weight excluding hydrogens is 330 g/mol. The molecule has 0 radical (unpaired) electrons. The SMILES string of the molecule is Cc1cc(C)cc(Nc2cc(-c3ccncc3)nc(NCC(=O)O)n2)c1. The van der Waals surface area contributed by atoms with Crippen molar-refractivity contribution >= 4 is 23.4 Å². The normalized spacial score (nSPS) is 10.4. The van der Waals surface area contributed by atoms with Crippen molar-refractivity contribution in [1.29, 1.82) is 0 Å². The Bertz CT molecular complexity index is 908. The molecule has 7 heteroatoms. The van der Waals surface area contributed by atoms with Gasteiger partial charge in [0.2, 0.25) is 5.95 Å². The molecular formula is C19H19N5O2. The number of benzene rings is 1. The Kier molecular flexibility index (Phi) is 5.07. The van der Waals surface area contributed by atoms with Crippen LogP contribution in [-0.2, 0) is 4.79 Å². The Labute approximate surface area is 151 Å². The molecule has 26 heavy (non-hydrogen) atoms. The zero-order valence-electron chi connectivity index (χ0n) is 14.5. The molecule has 0 saturated carbocycles. The lowest BCUT2D eigenvalue weighted by molar-refractivity contribution is -0.134. The van der Waals surface area contributed by atoms with Gasteiger partial charge in [0.1, 0.15) is 12.4 Å². The Morgan fingerprint density at radius 2 is 1.73 bits per heavy atom. The summed E-state index contributed by atoms with van der Waals surface area (Å²) in [6, 6.07) is 11.6. The summed E-state index contributed by atoms with van der Waals surface area (Å²) in [5.74, 6) is -0.162. The number of carbonyl (C=O) groups is 1. The van der Waals surface area contributed by atoms with Gasteiger partial charge in [0.15, 0.2) is 0 Å². The molecule has 0 amide bonds. The van der Waals surface area contributed by atoms with Crippen molar-refractivity contribution in [2.75, 3.05) is 17.2 Å². The molecule has 0 aliphatic heterocycles. The lowest BCUT2D eigenvalue weighted by atomic mass is 10.1. The summed E-state index contributed by atoms with van der Waals surface area (Å²) in [6.07, 6.45) is 3.36. The van der Waals surface area contributed by atoms with Gasteiger partial charge in [0.25, 0.3) is 0 Å². The fourth-order valence-corrected chi connectivity index (χ4v) is 2.61. The smallest absolute Gasteiger partial charge is 0.322 e. The molecule has 3 aromatic rings. The highest BCUT2D eigenvalue weighted by Crippen LogP contribution is 2.24. The molecule has 2 aromatic heterocycles. The summed E-state index contributed by atoms with van der Waals surface area (Å²) < 4.78 is 0. The fourth-order valence-electron chi connectivity index (χ4n) is 2.61. The number of pyridine rings is 1. The molecule has 0 bridgehead atoms. The van der Waals surface area contributed by atoms with E-state index in [0.717, 1.165) is 22.4 Å². The monoisotopic (exact) mass is 349 g/mol. The van der Waals surface area contributed by atoms with Crippen molar-refractivity contribution in [2.45, 2.75) is 13.8 Å². The largest absolute Gasteiger partial charge is 0.480 e. The van der Waals surface area contributed by atoms with E-state index in [9.17, 15) is 4.79 Å². The van der Waals surface area contributed by atoms with Gasteiger partial charge in [-0.15, -0.1) is 0 Å². The van der Waals surface area contributed by atoms with Crippen molar-refractivity contribution in [3.63, 3.8) is 0 Å². The number of carboxylic acid groups (broad SMARTS) is 1. The number of aromatic nitrogens is 3. The maximum Gasteiger partial charge on any atom is 0.322 e. The molecule has 0 unspecified atom stereocenters. The molecule has 0 spiro atoms. The maximum atomic E-state index is 10.8. The van der Waals surface area contributed by atoms with E-state index in [1.165, 1.54) is 0 Å². The quantitative estimate of drug-likeness (QED) is 0.627. The van der Waals surface area contributed by atoms with Crippen LogP contribution in [0.4, 0.5) is 17.5 Å². The average molecular weight is 349 g/mol. The summed E-state index contributed by atoms with van der Waals surface area (Å²) in [7, 11) is 0. The lowest BCUT2D eigenvalue weighted by Crippen LogP contribution is -2.15. The van der Waals surface area contributed by atoms with Crippen LogP contribution in [0.2, 0.25) is 0 Å². The number of aliphatic carboxylic acids is 1. The molecule has 0 fully saturated rings. The lowest BCUT2D eigenvalue weighted by Gasteiger charge is -2.12. The zero-order chi connectivity index (χ0) is 18.5. The van der Waals surface area contributed by atoms with Crippen LogP contribution >= 0.6 is 0 Å². The summed E-state index contributed by atoms with van der Waals surface area (Å²) in [4.78, 5) is 23.6. The highest BCUT2D eigenvalue weighted by atomic mass is 16.4. The van der Waals surface area contributed by atoms with E-state index >= 15 is 0 Å². The van der Waals surface area contributed by atoms with E-state index in [0.29, 0.717) is 11.5 Å². The molecule has 0 atom stereocenters. The second kappa shape index (κ2) is 7.60. The number of anilines is 3. The van der Waals surface area contributed by atoms with Gasteiger partial charge in [-0.1, -0.05) is 6.07 Å². The molecule has 1 aromatic carbocycles. The molecule has 2 heterocycles. The Balaban J connectivity index is 1.97. The number of rotatable bonds is 6. The summed E-state index contributed by atoms with van der Waals surface area (Å²) >= 11 is 0. The van der Waals surface area contributed by atoms with Crippen molar-refractivity contribution < 1.29 is 9.90 Å². The molecule has 132 valence electrons. The van der Waals surface area contributed by atoms with Crippen LogP contribution in [0.5, 0.6) is 0 Å². The standard InChI is InChI=1S/C19H19N5O2/c1-12-7-13(2)9-15(8-12)22-17-10-16(14-3-5-20-6-4-14)23-19(24-17)21-11-18(25)26/h3-10H,11H2,1-2H3,(H,25,26)(H2,21,22,23,24). The minimum absolute atomic E-state index is 0.244. The van der Waals surface area contributed by atoms with Crippen LogP contribution in [0.25, 0.3) is 11.3 Å². The zero-order valence-corrected chi connectivity index (χ0v) is 14.5. The van der Waals surface area contributed by atoms with Gasteiger partial charge in [-0.3, -0.25) is 9.78 Å². The number of nitrogens with one attached hydrogen (secondary N) is 2. The van der Waals surface area contributed by atoms with Gasteiger partial charge in [0.05, 0.1) is 5.69 Å². The van der Waals surface area contributed by atoms with Crippen LogP contribution in [0.1, 0.15) is 11.1 Å². The Morgan fingerprint density at radius 3 is 2.38 bits per heavy atom. The Hall–Kier alpha value is -3.48. The van der Waals surface area contributed by atoms with Crippen LogP contribution in [-0.4, -0.2) is 32.6 Å². The van der Waals surface area contributed by atoms with Crippen molar-refractivity contribution in [1.82, 2.24) is 15.0 Å². The molecule has 3 N–H and O–H groups in total. The predicted molar refractivity (Wildman–Crippen MR) is 101 cm³/mol. The van der Waals surface area contributed by atoms with Gasteiger partial charge in [0, 0.05) is 29.7 Å². The first-order chi connectivity index (χ1) is 12.5. The van der Waals surface area contributed by atoms with Crippen molar-refractivity contribution in [3.05, 3.63) is 59.9 Å². The van der Waals surface area contributed by atoms with Gasteiger partial charge >= 0.3 is 5.97 Å². The minimum atomic E-state index is -0.980. The van der Waals surface area contributed by atoms with Crippen molar-refractivity contribution in [2.24, 2.45) is 0 Å². The van der Waals surface area contributed by atoms with Crippen molar-refractivity contribution in [3.8, 4) is 11.3 Å². The van der Waals surface area contributed by atoms with Crippen LogP contribution in [0, 0.1) is 13.8 Å². The number of hydrogen-bond acceptors (Lipinski definition) is 6. The first-order valence-electron chi connectivity index (χ1n) is 8.10. The molecule has 3 rings (SSSR count). The maximum absolute atomic E-state index is 10.8. The summed E-state index contributed by atoms with van der Waals surface area (Å²) in [6.45, 7) is 3.80. The summed E-state index contributed by atoms with van der Waals surface area (Å²) in [5, 5.41) is 14.9. The number of aryl methyl sites for hydroxylation is 2. The van der Waals surface area contributed by atoms with Gasteiger partial charge < -0.3 is 15.7 Å². The first kappa shape index (κ1) is 17.3. The van der Waals surface area contributed by atoms with Crippen LogP contribution < -0.4 is 10.6 Å². The van der Waals surface area contributed by atoms with Gasteiger partial charge in [-0.05, 0) is 49.2 Å². The van der Waals surface area contributed by atoms with E-state index in [-0.39, 0.29) is 12.5 Å². The third-order valence-corrected chi connectivity index (χ3v) is 3.59. The predicted octanol–water partition coefficient (Wildman–Crippen LogP) is 3.40. The topological polar surface area (TPSA) is 100 Å². The number of hydrogen-bond donors (Lipinski definition) is 3.